The van der Waals surface area contributed by atoms with Crippen molar-refractivity contribution in [1.29, 1.82) is 0 Å². The first-order chi connectivity index (χ1) is 12.7. The fourth-order valence-corrected chi connectivity index (χ4v) is 2.64. The highest BCUT2D eigenvalue weighted by molar-refractivity contribution is 6.05. The van der Waals surface area contributed by atoms with E-state index >= 15 is 0 Å². The van der Waals surface area contributed by atoms with Gasteiger partial charge in [0.2, 0.25) is 5.91 Å². The van der Waals surface area contributed by atoms with Gasteiger partial charge in [-0.25, -0.2) is 4.79 Å². The van der Waals surface area contributed by atoms with E-state index in [9.17, 15) is 14.4 Å². The zero-order valence-electron chi connectivity index (χ0n) is 15.9. The number of carboxylic acids is 1. The van der Waals surface area contributed by atoms with Crippen LogP contribution in [0.15, 0.2) is 42.5 Å². The zero-order chi connectivity index (χ0) is 20.1. The first kappa shape index (κ1) is 20.2. The lowest BCUT2D eigenvalue weighted by atomic mass is 10.1. The standard InChI is InChI=1S/C21H24N2O4/c1-13(2)20(25)23(4)12-15-6-9-16(10-7-15)19(24)22-18-11-17(21(26)27)8-5-14(18)3/h5-11,13H,12H2,1-4H3,(H,22,24)(H,26,27). The number of amides is 2. The van der Waals surface area contributed by atoms with Crippen molar-refractivity contribution in [2.45, 2.75) is 27.3 Å². The molecule has 2 rings (SSSR count). The largest absolute Gasteiger partial charge is 0.478 e. The number of carbonyl (C=O) groups is 3. The van der Waals surface area contributed by atoms with E-state index in [1.165, 1.54) is 12.1 Å². The van der Waals surface area contributed by atoms with Crippen molar-refractivity contribution < 1.29 is 19.5 Å². The summed E-state index contributed by atoms with van der Waals surface area (Å²) in [5.41, 5.74) is 2.73. The summed E-state index contributed by atoms with van der Waals surface area (Å²) < 4.78 is 0. The van der Waals surface area contributed by atoms with Crippen molar-refractivity contribution in [3.63, 3.8) is 0 Å². The highest BCUT2D eigenvalue weighted by atomic mass is 16.4. The highest BCUT2D eigenvalue weighted by Crippen LogP contribution is 2.18. The van der Waals surface area contributed by atoms with Crippen LogP contribution in [0.3, 0.4) is 0 Å². The van der Waals surface area contributed by atoms with Crippen LogP contribution < -0.4 is 5.32 Å². The van der Waals surface area contributed by atoms with Crippen molar-refractivity contribution >= 4 is 23.5 Å². The Balaban J connectivity index is 2.09. The molecular formula is C21H24N2O4. The van der Waals surface area contributed by atoms with Crippen molar-refractivity contribution in [3.05, 3.63) is 64.7 Å². The maximum absolute atomic E-state index is 12.5. The van der Waals surface area contributed by atoms with Gasteiger partial charge in [0.25, 0.3) is 5.91 Å². The fraction of sp³-hybridized carbons (Fsp3) is 0.286. The van der Waals surface area contributed by atoms with Gasteiger partial charge >= 0.3 is 5.97 Å². The molecule has 6 nitrogen and oxygen atoms in total. The molecule has 2 amide bonds. The number of nitrogens with zero attached hydrogens (tertiary/aromatic N) is 1. The Morgan fingerprint density at radius 2 is 1.63 bits per heavy atom. The number of benzene rings is 2. The van der Waals surface area contributed by atoms with Gasteiger partial charge in [-0.3, -0.25) is 9.59 Å². The lowest BCUT2D eigenvalue weighted by Crippen LogP contribution is -2.29. The second kappa shape index (κ2) is 8.49. The molecule has 0 aromatic heterocycles. The molecule has 0 spiro atoms. The minimum Gasteiger partial charge on any atom is -0.478 e. The predicted octanol–water partition coefficient (Wildman–Crippen LogP) is 3.56. The number of carboxylic acid groups (broad SMARTS) is 1. The highest BCUT2D eigenvalue weighted by Gasteiger charge is 2.14. The molecule has 142 valence electrons. The second-order valence-electron chi connectivity index (χ2n) is 6.83. The molecule has 0 saturated carbocycles. The van der Waals surface area contributed by atoms with E-state index in [0.29, 0.717) is 17.8 Å². The molecule has 0 atom stereocenters. The van der Waals surface area contributed by atoms with Gasteiger partial charge in [-0.1, -0.05) is 32.0 Å². The number of hydrogen-bond donors (Lipinski definition) is 2. The van der Waals surface area contributed by atoms with Crippen LogP contribution in [0.1, 0.15) is 45.7 Å². The summed E-state index contributed by atoms with van der Waals surface area (Å²) in [6, 6.07) is 11.6. The van der Waals surface area contributed by atoms with Crippen molar-refractivity contribution in [2.24, 2.45) is 5.92 Å². The molecular weight excluding hydrogens is 344 g/mol. The molecule has 0 heterocycles. The van der Waals surface area contributed by atoms with Crippen LogP contribution in [0.4, 0.5) is 5.69 Å². The van der Waals surface area contributed by atoms with Crippen molar-refractivity contribution in [2.75, 3.05) is 12.4 Å². The summed E-state index contributed by atoms with van der Waals surface area (Å²) in [6.07, 6.45) is 0. The van der Waals surface area contributed by atoms with Gasteiger partial charge in [0.15, 0.2) is 0 Å². The maximum Gasteiger partial charge on any atom is 0.335 e. The van der Waals surface area contributed by atoms with Gasteiger partial charge in [0.05, 0.1) is 5.56 Å². The Morgan fingerprint density at radius 1 is 1.04 bits per heavy atom. The monoisotopic (exact) mass is 368 g/mol. The van der Waals surface area contributed by atoms with Crippen LogP contribution in [0.2, 0.25) is 0 Å². The molecule has 2 N–H and O–H groups in total. The lowest BCUT2D eigenvalue weighted by molar-refractivity contribution is -0.133. The van der Waals surface area contributed by atoms with E-state index in [-0.39, 0.29) is 23.3 Å². The normalized spacial score (nSPS) is 10.6. The molecule has 0 radical (unpaired) electrons. The van der Waals surface area contributed by atoms with Gasteiger partial charge in [-0.2, -0.15) is 0 Å². The zero-order valence-corrected chi connectivity index (χ0v) is 15.9. The molecule has 6 heteroatoms. The smallest absolute Gasteiger partial charge is 0.335 e. The minimum absolute atomic E-state index is 0.0607. The topological polar surface area (TPSA) is 86.7 Å². The van der Waals surface area contributed by atoms with Gasteiger partial charge in [-0.15, -0.1) is 0 Å². The SMILES string of the molecule is Cc1ccc(C(=O)O)cc1NC(=O)c1ccc(CN(C)C(=O)C(C)C)cc1. The van der Waals surface area contributed by atoms with E-state index in [1.807, 2.05) is 13.8 Å². The van der Waals surface area contributed by atoms with Crippen molar-refractivity contribution in [3.8, 4) is 0 Å². The maximum atomic E-state index is 12.5. The molecule has 2 aromatic rings. The number of anilines is 1. The molecule has 0 aliphatic rings. The van der Waals surface area contributed by atoms with E-state index < -0.39 is 5.97 Å². The van der Waals surface area contributed by atoms with Crippen LogP contribution >= 0.6 is 0 Å². The number of rotatable bonds is 6. The van der Waals surface area contributed by atoms with Gasteiger partial charge < -0.3 is 15.3 Å². The molecule has 27 heavy (non-hydrogen) atoms. The molecule has 0 saturated heterocycles. The third-order valence-electron chi connectivity index (χ3n) is 4.24. The number of aryl methyl sites for hydroxylation is 1. The number of carbonyl (C=O) groups excluding carboxylic acids is 2. The van der Waals surface area contributed by atoms with Gasteiger partial charge in [-0.05, 0) is 42.3 Å². The van der Waals surface area contributed by atoms with Crippen LogP contribution in [0, 0.1) is 12.8 Å². The molecule has 0 fully saturated rings. The van der Waals surface area contributed by atoms with Gasteiger partial charge in [0.1, 0.15) is 0 Å². The summed E-state index contributed by atoms with van der Waals surface area (Å²) in [7, 11) is 1.75. The second-order valence-corrected chi connectivity index (χ2v) is 6.83. The Morgan fingerprint density at radius 3 is 2.19 bits per heavy atom. The van der Waals surface area contributed by atoms with E-state index in [4.69, 9.17) is 5.11 Å². The first-order valence-electron chi connectivity index (χ1n) is 8.68. The summed E-state index contributed by atoms with van der Waals surface area (Å²) in [4.78, 5) is 37.2. The van der Waals surface area contributed by atoms with Crippen molar-refractivity contribution in [1.82, 2.24) is 4.90 Å². The molecule has 2 aromatic carbocycles. The summed E-state index contributed by atoms with van der Waals surface area (Å²) >= 11 is 0. The fourth-order valence-electron chi connectivity index (χ4n) is 2.64. The number of hydrogen-bond acceptors (Lipinski definition) is 3. The average molecular weight is 368 g/mol. The molecule has 0 unspecified atom stereocenters. The number of nitrogens with one attached hydrogen (secondary N) is 1. The third kappa shape index (κ3) is 5.17. The molecule has 0 aliphatic carbocycles. The quantitative estimate of drug-likeness (QED) is 0.816. The first-order valence-corrected chi connectivity index (χ1v) is 8.68. The average Bonchev–Trinajstić information content (AvgIpc) is 2.63. The Hall–Kier alpha value is -3.15. The third-order valence-corrected chi connectivity index (χ3v) is 4.24. The van der Waals surface area contributed by atoms with Crippen LogP contribution in [0.25, 0.3) is 0 Å². The van der Waals surface area contributed by atoms with E-state index in [2.05, 4.69) is 5.32 Å². The predicted molar refractivity (Wildman–Crippen MR) is 104 cm³/mol. The summed E-state index contributed by atoms with van der Waals surface area (Å²) in [5, 5.41) is 11.8. The summed E-state index contributed by atoms with van der Waals surface area (Å²) in [5.74, 6) is -1.37. The van der Waals surface area contributed by atoms with Crippen LogP contribution in [0.5, 0.6) is 0 Å². The number of aromatic carboxylic acids is 1. The Labute approximate surface area is 158 Å². The van der Waals surface area contributed by atoms with Gasteiger partial charge in [0, 0.05) is 30.8 Å². The van der Waals surface area contributed by atoms with Crippen LogP contribution in [-0.4, -0.2) is 34.8 Å². The Kier molecular flexibility index (Phi) is 6.34. The molecule has 0 aliphatic heterocycles. The van der Waals surface area contributed by atoms with E-state index in [1.54, 1.807) is 49.2 Å². The Bertz CT molecular complexity index is 857. The molecule has 0 bridgehead atoms. The van der Waals surface area contributed by atoms with E-state index in [0.717, 1.165) is 11.1 Å². The summed E-state index contributed by atoms with van der Waals surface area (Å²) in [6.45, 7) is 5.98. The lowest BCUT2D eigenvalue weighted by Gasteiger charge is -2.19. The van der Waals surface area contributed by atoms with Crippen LogP contribution in [-0.2, 0) is 11.3 Å². The minimum atomic E-state index is -1.05.